The van der Waals surface area contributed by atoms with Crippen LogP contribution in [0.25, 0.3) is 22.3 Å². The van der Waals surface area contributed by atoms with E-state index in [-0.39, 0.29) is 56.0 Å². The number of nitrogens with two attached hydrogens (primary N) is 1. The Bertz CT molecular complexity index is 3000. The highest BCUT2D eigenvalue weighted by Crippen LogP contribution is 2.71. The summed E-state index contributed by atoms with van der Waals surface area (Å²) >= 11 is 0. The van der Waals surface area contributed by atoms with Gasteiger partial charge in [-0.1, -0.05) is 6.82 Å². The van der Waals surface area contributed by atoms with E-state index < -0.39 is 141 Å². The number of esters is 2. The fourth-order valence-electron chi connectivity index (χ4n) is 6.99. The molecule has 6 rings (SSSR count). The number of nitrogen functional groups attached to an aromatic ring is 1. The lowest BCUT2D eigenvalue weighted by Crippen LogP contribution is -3.11. The molecular formula is C45H80BF2N11O24P5. The number of aliphatic hydroxyl groups is 3. The van der Waals surface area contributed by atoms with E-state index in [2.05, 4.69) is 75.1 Å². The number of hydrogen-bond donors (Lipinski definition) is 8. The number of aromatic amines is 2. The molecule has 0 aromatic carbocycles. The molecule has 88 heavy (non-hydrogen) atoms. The van der Waals surface area contributed by atoms with Crippen molar-refractivity contribution < 1.29 is 120 Å². The molecule has 0 amide bonds. The van der Waals surface area contributed by atoms with Crippen molar-refractivity contribution in [3.8, 4) is 0 Å². The van der Waals surface area contributed by atoms with Crippen molar-refractivity contribution in [1.29, 1.82) is 0 Å². The molecule has 2 aliphatic heterocycles. The Labute approximate surface area is 511 Å². The Morgan fingerprint density at radius 2 is 1.27 bits per heavy atom. The molecule has 43 heteroatoms. The van der Waals surface area contributed by atoms with Crippen LogP contribution in [0.5, 0.6) is 0 Å². The number of rotatable bonds is 26. The summed E-state index contributed by atoms with van der Waals surface area (Å²) in [6.45, 7) is 16.4. The normalized spacial score (nSPS) is 22.9. The highest BCUT2D eigenvalue weighted by atomic mass is 32.5. The zero-order valence-electron chi connectivity index (χ0n) is 51.8. The van der Waals surface area contributed by atoms with Gasteiger partial charge in [-0.3, -0.25) is 47.4 Å². The molecule has 6 heterocycles. The van der Waals surface area contributed by atoms with Crippen molar-refractivity contribution in [2.75, 3.05) is 92.5 Å². The number of carbonyl (C=O) groups excluding carboxylic acids is 2. The summed E-state index contributed by atoms with van der Waals surface area (Å²) in [6, 6.07) is 0. The number of phosphoric ester groups is 1. The second-order valence-electron chi connectivity index (χ2n) is 19.9. The van der Waals surface area contributed by atoms with Crippen molar-refractivity contribution in [3.05, 3.63) is 33.4 Å². The van der Waals surface area contributed by atoms with E-state index in [1.807, 2.05) is 0 Å². The Morgan fingerprint density at radius 3 is 1.65 bits per heavy atom. The number of anilines is 2. The SMILES string of the molecule is CC[NH+](CC)CC.COOPP(=O)([O-])POOC.CO[C@]1(COP(=O)(OCOC(=O)C(C)(C)C)OCOC(=O)C(C)(C)C)O[C@@H](n2cnc3c(=O)[nH]c(N)nc32)[C@H](F)[C@@H]1O.C[B]P=O.[3H]CCNc1nc2c(ncn2[C@@H]2O[C@@](CO)(OC)[C@@H](O)[C@H]2F)c(=O)[nH]1. The number of carbonyl (C=O) groups is 2. The van der Waals surface area contributed by atoms with Crippen molar-refractivity contribution in [2.45, 2.75) is 125 Å². The molecule has 4 aromatic rings. The lowest BCUT2D eigenvalue weighted by Gasteiger charge is -2.31. The maximum absolute atomic E-state index is 15.4. The van der Waals surface area contributed by atoms with Gasteiger partial charge in [-0.15, -0.1) is 0 Å². The van der Waals surface area contributed by atoms with Gasteiger partial charge in [-0.25, -0.2) is 51.5 Å². The van der Waals surface area contributed by atoms with Crippen LogP contribution in [0.2, 0.25) is 6.82 Å². The van der Waals surface area contributed by atoms with Gasteiger partial charge in [0.15, 0.2) is 47.1 Å². The molecule has 2 aliphatic rings. The van der Waals surface area contributed by atoms with Gasteiger partial charge >= 0.3 is 19.8 Å². The van der Waals surface area contributed by atoms with Crippen LogP contribution in [-0.4, -0.2) is 191 Å². The van der Waals surface area contributed by atoms with Gasteiger partial charge in [-0.05, 0) is 69.2 Å². The Balaban J connectivity index is 0.000000478. The third-order valence-electron chi connectivity index (χ3n) is 11.9. The first-order chi connectivity index (χ1) is 41.7. The van der Waals surface area contributed by atoms with Crippen LogP contribution >= 0.6 is 39.9 Å². The van der Waals surface area contributed by atoms with Crippen molar-refractivity contribution in [1.82, 2.24) is 39.0 Å². The predicted octanol–water partition coefficient (Wildman–Crippen LogP) is 2.31. The van der Waals surface area contributed by atoms with Crippen molar-refractivity contribution in [3.63, 3.8) is 0 Å². The fraction of sp³-hybridized carbons (Fsp3) is 0.733. The summed E-state index contributed by atoms with van der Waals surface area (Å²) in [7, 11) is -1.45. The number of H-pyrrole nitrogens is 2. The van der Waals surface area contributed by atoms with Crippen LogP contribution in [0, 0.1) is 10.8 Å². The van der Waals surface area contributed by atoms with Gasteiger partial charge in [0.05, 0.1) is 65.7 Å². The number of hydrogen-bond acceptors (Lipinski definition) is 30. The standard InChI is InChI=1S/C23H35FN5O12P.C13H18FN5O5.C6H15N.C2H9O6P3.CH3BOP/c1-21(2,3)18(32)36-10-39-42(34,40-11-37-19(33)22(4,5)6)38-8-23(35-7)14(30)12(24)17(41-23)29-9-26-13-15(29)27-20(25)28-16(13)31;1-3-15-12-17-9-7(10(22)18-12)16-5-19(9)11-6(14)8(21)13(4-20,23-2)24-11;1-4-7(5-2)6-3;1-5-7-9-11(3,4)10-8-6-2;1-2-4-3/h9,12,14,17,30H,8,10-11H2,1-7H3,(H3,25,27,28,31);5-6,8,11,20-21H,3-4H2,1-2H3,(H2,15,17,18,22);4-6H2,1-3H3;9-10H,1-2H3,(H,3,4);1H3/t12-,14+,17-,23-;6-,8+,11-,13-;;;/m11.../s1/i;1T;;;. The van der Waals surface area contributed by atoms with E-state index in [9.17, 15) is 57.5 Å². The zero-order chi connectivity index (χ0) is 67.7. The number of aromatic nitrogens is 8. The molecule has 10 atom stereocenters. The summed E-state index contributed by atoms with van der Waals surface area (Å²) in [5.41, 5.74) is 2.16. The average molecular weight is 1360 g/mol. The number of fused-ring (bicyclic) bond motifs is 2. The van der Waals surface area contributed by atoms with E-state index in [0.29, 0.717) is 0 Å². The van der Waals surface area contributed by atoms with Crippen molar-refractivity contribution in [2.24, 2.45) is 10.8 Å². The first kappa shape index (κ1) is 78.2. The highest BCUT2D eigenvalue weighted by molar-refractivity contribution is 8.50. The number of nitrogens with zero attached hydrogens (tertiary/aromatic N) is 6. The number of imidazole rings is 2. The molecule has 2 fully saturated rings. The van der Waals surface area contributed by atoms with E-state index >= 15 is 4.39 Å². The third kappa shape index (κ3) is 22.7. The molecule has 0 saturated carbocycles. The summed E-state index contributed by atoms with van der Waals surface area (Å²) in [4.78, 5) is 89.7. The summed E-state index contributed by atoms with van der Waals surface area (Å²) in [5, 5.41) is 33.0. The number of halogens is 2. The van der Waals surface area contributed by atoms with Crippen LogP contribution in [0.4, 0.5) is 20.7 Å². The molecule has 4 aromatic heterocycles. The molecule has 2 saturated heterocycles. The monoisotopic (exact) mass is 1360 g/mol. The average Bonchev–Trinajstić information content (AvgIpc) is 1.62. The minimum absolute atomic E-state index is 0.0286. The van der Waals surface area contributed by atoms with Gasteiger partial charge in [0.25, 0.3) is 11.1 Å². The van der Waals surface area contributed by atoms with Gasteiger partial charge in [0.1, 0.15) is 49.2 Å². The summed E-state index contributed by atoms with van der Waals surface area (Å²) in [6.07, 6.45) is -8.82. The number of quaternary nitrogens is 1. The van der Waals surface area contributed by atoms with E-state index in [1.54, 1.807) is 60.3 Å². The van der Waals surface area contributed by atoms with Gasteiger partial charge in [0, 0.05) is 22.1 Å². The molecule has 35 nitrogen and oxygen atoms in total. The van der Waals surface area contributed by atoms with E-state index in [0.717, 1.165) is 28.9 Å². The van der Waals surface area contributed by atoms with E-state index in [1.165, 1.54) is 41.0 Å². The number of methoxy groups -OCH3 is 2. The molecule has 0 bridgehead atoms. The molecule has 0 spiro atoms. The van der Waals surface area contributed by atoms with Gasteiger partial charge in [0.2, 0.25) is 44.1 Å². The second kappa shape index (κ2) is 36.8. The topological polar surface area (TPSA) is 459 Å². The molecule has 1 radical (unpaired) electrons. The number of alkyl halides is 2. The Kier molecular flexibility index (Phi) is 32.7. The minimum Gasteiger partial charge on any atom is -0.790 e. The molecule has 9 N–H and O–H groups in total. The smallest absolute Gasteiger partial charge is 0.480 e. The van der Waals surface area contributed by atoms with Gasteiger partial charge in [-0.2, -0.15) is 9.97 Å². The third-order valence-corrected chi connectivity index (χ3v) is 17.9. The first-order valence-corrected chi connectivity index (χ1v) is 33.7. The van der Waals surface area contributed by atoms with Gasteiger partial charge < -0.3 is 69.1 Å². The maximum atomic E-state index is 15.4. The highest BCUT2D eigenvalue weighted by Gasteiger charge is 2.59. The number of aliphatic hydroxyl groups excluding tert-OH is 3. The zero-order valence-corrected chi connectivity index (χ0v) is 55.5. The summed E-state index contributed by atoms with van der Waals surface area (Å²) in [5.74, 6) is -5.84. The lowest BCUT2D eigenvalue weighted by molar-refractivity contribution is -0.894. The van der Waals surface area contributed by atoms with Crippen LogP contribution < -0.4 is 32.0 Å². The van der Waals surface area contributed by atoms with Crippen LogP contribution in [0.1, 0.15) is 83.0 Å². The van der Waals surface area contributed by atoms with E-state index in [4.69, 9.17) is 49.1 Å². The summed E-state index contributed by atoms with van der Waals surface area (Å²) < 4.78 is 128. The number of ether oxygens (including phenoxy) is 6. The molecule has 0 aliphatic carbocycles. The van der Waals surface area contributed by atoms with Crippen LogP contribution in [0.3, 0.4) is 0 Å². The number of phosphoric acid groups is 1. The van der Waals surface area contributed by atoms with Crippen LogP contribution in [-0.2, 0) is 84.4 Å². The molecular weight excluding hydrogens is 1280 g/mol. The molecule has 2 unspecified atom stereocenters. The van der Waals surface area contributed by atoms with Crippen molar-refractivity contribution >= 4 is 93.1 Å². The number of nitrogens with one attached hydrogen (secondary N) is 4. The maximum Gasteiger partial charge on any atom is 0.480 e. The Hall–Kier alpha value is -4.06. The van der Waals surface area contributed by atoms with Crippen LogP contribution in [0.15, 0.2) is 22.2 Å². The quantitative estimate of drug-likeness (QED) is 0.0112. The largest absolute Gasteiger partial charge is 0.790 e. The predicted molar refractivity (Wildman–Crippen MR) is 312 cm³/mol. The fourth-order valence-corrected chi connectivity index (χ4v) is 10.5. The Morgan fingerprint density at radius 1 is 0.841 bits per heavy atom. The molecule has 501 valence electrons. The first-order valence-electron chi connectivity index (χ1n) is 26.9. The minimum atomic E-state index is -4.76. The lowest BCUT2D eigenvalue weighted by atomic mass is 9.98. The second-order valence-corrected chi connectivity index (χ2v) is 30.1.